The Morgan fingerprint density at radius 1 is 1.39 bits per heavy atom. The zero-order valence-electron chi connectivity index (χ0n) is 9.94. The second-order valence-electron chi connectivity index (χ2n) is 4.61. The molecule has 2 aromatic rings. The number of carbonyl (C=O) groups is 1. The van der Waals surface area contributed by atoms with Crippen molar-refractivity contribution in [2.24, 2.45) is 0 Å². The van der Waals surface area contributed by atoms with Crippen molar-refractivity contribution in [3.8, 4) is 0 Å². The highest BCUT2D eigenvalue weighted by Gasteiger charge is 2.24. The van der Waals surface area contributed by atoms with E-state index in [1.165, 1.54) is 11.1 Å². The van der Waals surface area contributed by atoms with E-state index in [-0.39, 0.29) is 11.9 Å². The molecular weight excluding hydrogens is 226 g/mol. The van der Waals surface area contributed by atoms with Crippen molar-refractivity contribution in [3.05, 3.63) is 53.3 Å². The average molecular weight is 241 g/mol. The topological polar surface area (TPSA) is 70.9 Å². The number of aromatic amines is 1. The van der Waals surface area contributed by atoms with Crippen molar-refractivity contribution >= 4 is 11.6 Å². The fourth-order valence-electron chi connectivity index (χ4n) is 2.49. The molecule has 1 unspecified atom stereocenters. The van der Waals surface area contributed by atoms with Crippen LogP contribution in [0, 0.1) is 0 Å². The summed E-state index contributed by atoms with van der Waals surface area (Å²) in [7, 11) is 0. The molecule has 1 atom stereocenters. The molecule has 4 nitrogen and oxygen atoms in total. The van der Waals surface area contributed by atoms with Crippen LogP contribution in [0.1, 0.15) is 34.1 Å². The van der Waals surface area contributed by atoms with E-state index in [1.807, 2.05) is 24.3 Å². The van der Waals surface area contributed by atoms with Crippen molar-refractivity contribution in [2.45, 2.75) is 18.9 Å². The first-order valence-corrected chi connectivity index (χ1v) is 6.06. The van der Waals surface area contributed by atoms with E-state index in [1.54, 1.807) is 12.3 Å². The zero-order chi connectivity index (χ0) is 12.5. The highest BCUT2D eigenvalue weighted by atomic mass is 16.1. The predicted octanol–water partition coefficient (Wildman–Crippen LogP) is 2.01. The maximum absolute atomic E-state index is 12.0. The van der Waals surface area contributed by atoms with Gasteiger partial charge in [0.25, 0.3) is 5.91 Å². The lowest BCUT2D eigenvalue weighted by Crippen LogP contribution is -2.27. The van der Waals surface area contributed by atoms with Crippen molar-refractivity contribution < 1.29 is 4.79 Å². The summed E-state index contributed by atoms with van der Waals surface area (Å²) in [5.41, 5.74) is 9.57. The lowest BCUT2D eigenvalue weighted by Gasteiger charge is -2.13. The number of hydrogen-bond acceptors (Lipinski definition) is 2. The molecule has 0 spiro atoms. The van der Waals surface area contributed by atoms with Crippen molar-refractivity contribution in [3.63, 3.8) is 0 Å². The first kappa shape index (κ1) is 10.9. The molecule has 3 rings (SSSR count). The Morgan fingerprint density at radius 3 is 3.06 bits per heavy atom. The number of H-pyrrole nitrogens is 1. The molecule has 0 saturated heterocycles. The molecular formula is C14H15N3O. The number of rotatable bonds is 2. The minimum atomic E-state index is -0.0605. The summed E-state index contributed by atoms with van der Waals surface area (Å²) in [4.78, 5) is 14.9. The largest absolute Gasteiger partial charge is 0.399 e. The quantitative estimate of drug-likeness (QED) is 0.704. The predicted molar refractivity (Wildman–Crippen MR) is 70.2 cm³/mol. The molecule has 1 aliphatic carbocycles. The number of nitrogens with two attached hydrogens (primary N) is 1. The molecule has 0 aliphatic heterocycles. The summed E-state index contributed by atoms with van der Waals surface area (Å²) in [6, 6.07) is 9.58. The van der Waals surface area contributed by atoms with Gasteiger partial charge in [-0.25, -0.2) is 0 Å². The number of nitrogen functional groups attached to an aromatic ring is 1. The monoisotopic (exact) mass is 241 g/mol. The summed E-state index contributed by atoms with van der Waals surface area (Å²) >= 11 is 0. The van der Waals surface area contributed by atoms with E-state index in [4.69, 9.17) is 5.73 Å². The van der Waals surface area contributed by atoms with Crippen LogP contribution < -0.4 is 11.1 Å². The summed E-state index contributed by atoms with van der Waals surface area (Å²) in [6.07, 6.45) is 3.65. The van der Waals surface area contributed by atoms with Crippen molar-refractivity contribution in [1.82, 2.24) is 10.3 Å². The van der Waals surface area contributed by atoms with Crippen LogP contribution in [0.25, 0.3) is 0 Å². The fourth-order valence-corrected chi connectivity index (χ4v) is 2.49. The number of amides is 1. The lowest BCUT2D eigenvalue weighted by atomic mass is 10.1. The molecule has 4 heteroatoms. The van der Waals surface area contributed by atoms with E-state index in [0.29, 0.717) is 5.69 Å². The third-order valence-corrected chi connectivity index (χ3v) is 3.39. The van der Waals surface area contributed by atoms with Crippen LogP contribution in [0.4, 0.5) is 5.69 Å². The Morgan fingerprint density at radius 2 is 2.28 bits per heavy atom. The molecule has 4 N–H and O–H groups in total. The third-order valence-electron chi connectivity index (χ3n) is 3.39. The van der Waals surface area contributed by atoms with E-state index in [0.717, 1.165) is 18.5 Å². The second kappa shape index (κ2) is 4.22. The Labute approximate surface area is 105 Å². The number of anilines is 1. The SMILES string of the molecule is Nc1ccc2c(c1)CCC2NC(=O)c1ccc[nH]1. The first-order chi connectivity index (χ1) is 8.74. The standard InChI is InChI=1S/C14H15N3O/c15-10-4-5-11-9(8-10)3-6-12(11)17-14(18)13-2-1-7-16-13/h1-2,4-5,7-8,12,16H,3,6,15H2,(H,17,18). The van der Waals surface area contributed by atoms with Gasteiger partial charge in [-0.1, -0.05) is 6.07 Å². The maximum atomic E-state index is 12.0. The molecule has 18 heavy (non-hydrogen) atoms. The van der Waals surface area contributed by atoms with Crippen LogP contribution in [-0.4, -0.2) is 10.9 Å². The summed E-state index contributed by atoms with van der Waals surface area (Å²) < 4.78 is 0. The van der Waals surface area contributed by atoms with E-state index >= 15 is 0 Å². The molecule has 1 aromatic carbocycles. The van der Waals surface area contributed by atoms with Crippen molar-refractivity contribution in [2.75, 3.05) is 5.73 Å². The highest BCUT2D eigenvalue weighted by molar-refractivity contribution is 5.92. The molecule has 0 bridgehead atoms. The normalized spacial score (nSPS) is 17.4. The van der Waals surface area contributed by atoms with Gasteiger partial charge in [0.1, 0.15) is 5.69 Å². The van der Waals surface area contributed by atoms with Crippen molar-refractivity contribution in [1.29, 1.82) is 0 Å². The van der Waals surface area contributed by atoms with Crippen LogP contribution in [0.3, 0.4) is 0 Å². The van der Waals surface area contributed by atoms with Gasteiger partial charge in [-0.3, -0.25) is 4.79 Å². The number of aryl methyl sites for hydroxylation is 1. The zero-order valence-corrected chi connectivity index (χ0v) is 9.94. The van der Waals surface area contributed by atoms with Crippen LogP contribution >= 0.6 is 0 Å². The summed E-state index contributed by atoms with van der Waals surface area (Å²) in [5.74, 6) is -0.0605. The van der Waals surface area contributed by atoms with Gasteiger partial charge in [0.15, 0.2) is 0 Å². The number of carbonyl (C=O) groups excluding carboxylic acids is 1. The molecule has 1 amide bonds. The summed E-state index contributed by atoms with van der Waals surface area (Å²) in [5, 5.41) is 3.05. The Kier molecular flexibility index (Phi) is 2.55. The number of fused-ring (bicyclic) bond motifs is 1. The molecule has 1 heterocycles. The van der Waals surface area contributed by atoms with Crippen LogP contribution in [-0.2, 0) is 6.42 Å². The van der Waals surface area contributed by atoms with Gasteiger partial charge < -0.3 is 16.0 Å². The molecule has 0 fully saturated rings. The number of nitrogens with one attached hydrogen (secondary N) is 2. The smallest absolute Gasteiger partial charge is 0.268 e. The van der Waals surface area contributed by atoms with Crippen LogP contribution in [0.5, 0.6) is 0 Å². The van der Waals surface area contributed by atoms with E-state index < -0.39 is 0 Å². The molecule has 0 radical (unpaired) electrons. The highest BCUT2D eigenvalue weighted by Crippen LogP contribution is 2.32. The fraction of sp³-hybridized carbons (Fsp3) is 0.214. The van der Waals surface area contributed by atoms with Gasteiger partial charge in [-0.2, -0.15) is 0 Å². The van der Waals surface area contributed by atoms with Crippen LogP contribution in [0.2, 0.25) is 0 Å². The number of aromatic nitrogens is 1. The summed E-state index contributed by atoms with van der Waals surface area (Å²) in [6.45, 7) is 0. The second-order valence-corrected chi connectivity index (χ2v) is 4.61. The van der Waals surface area contributed by atoms with Gasteiger partial charge in [-0.05, 0) is 48.2 Å². The van der Waals surface area contributed by atoms with Gasteiger partial charge in [0, 0.05) is 11.9 Å². The average Bonchev–Trinajstić information content (AvgIpc) is 2.98. The maximum Gasteiger partial charge on any atom is 0.268 e. The molecule has 1 aromatic heterocycles. The Hall–Kier alpha value is -2.23. The lowest BCUT2D eigenvalue weighted by molar-refractivity contribution is 0.0932. The minimum Gasteiger partial charge on any atom is -0.399 e. The number of benzene rings is 1. The van der Waals surface area contributed by atoms with Gasteiger partial charge in [-0.15, -0.1) is 0 Å². The Balaban J connectivity index is 1.79. The van der Waals surface area contributed by atoms with Crippen LogP contribution in [0.15, 0.2) is 36.5 Å². The first-order valence-electron chi connectivity index (χ1n) is 6.06. The third kappa shape index (κ3) is 1.86. The van der Waals surface area contributed by atoms with Gasteiger partial charge in [0.2, 0.25) is 0 Å². The Bertz CT molecular complexity index is 575. The molecule has 92 valence electrons. The van der Waals surface area contributed by atoms with Gasteiger partial charge >= 0.3 is 0 Å². The van der Waals surface area contributed by atoms with E-state index in [2.05, 4.69) is 10.3 Å². The van der Waals surface area contributed by atoms with E-state index in [9.17, 15) is 4.79 Å². The number of hydrogen-bond donors (Lipinski definition) is 3. The molecule has 1 aliphatic rings. The minimum absolute atomic E-state index is 0.0605. The molecule has 0 saturated carbocycles. The van der Waals surface area contributed by atoms with Gasteiger partial charge in [0.05, 0.1) is 6.04 Å².